The second-order valence-corrected chi connectivity index (χ2v) is 4.43. The maximum atomic E-state index is 12.4. The Morgan fingerprint density at radius 2 is 1.39 bits per heavy atom. The van der Waals surface area contributed by atoms with Gasteiger partial charge in [0.05, 0.1) is 11.0 Å². The molecule has 3 rings (SSSR count). The maximum absolute atomic E-state index is 12.4. The topological polar surface area (TPSA) is 22.0 Å². The van der Waals surface area contributed by atoms with Gasteiger partial charge in [-0.1, -0.05) is 30.8 Å². The number of para-hydroxylation sites is 2. The quantitative estimate of drug-likeness (QED) is 0.590. The third kappa shape index (κ3) is 1.39. The van der Waals surface area contributed by atoms with E-state index in [9.17, 15) is 4.79 Å². The summed E-state index contributed by atoms with van der Waals surface area (Å²) in [6.07, 6.45) is 0. The summed E-state index contributed by atoms with van der Waals surface area (Å²) in [5.41, 5.74) is 2.81. The number of fused-ring (bicyclic) bond motifs is 2. The molecule has 0 N–H and O–H groups in total. The third-order valence-corrected chi connectivity index (χ3v) is 3.16. The van der Waals surface area contributed by atoms with E-state index in [0.717, 1.165) is 27.5 Å². The van der Waals surface area contributed by atoms with Crippen molar-refractivity contribution in [2.45, 2.75) is 6.92 Å². The SMILES string of the molecule is C=C(C)n1c2ccccc2c(=O)c2ccccc21. The van der Waals surface area contributed by atoms with Crippen LogP contribution in [-0.4, -0.2) is 4.57 Å². The van der Waals surface area contributed by atoms with Crippen LogP contribution in [0.4, 0.5) is 0 Å². The van der Waals surface area contributed by atoms with Gasteiger partial charge in [-0.25, -0.2) is 0 Å². The van der Waals surface area contributed by atoms with E-state index in [1.807, 2.05) is 60.0 Å². The van der Waals surface area contributed by atoms with Crippen LogP contribution in [0.1, 0.15) is 6.92 Å². The van der Waals surface area contributed by atoms with Gasteiger partial charge in [0.15, 0.2) is 5.43 Å². The smallest absolute Gasteiger partial charge is 0.197 e. The summed E-state index contributed by atoms with van der Waals surface area (Å²) in [4.78, 5) is 12.4. The zero-order valence-electron chi connectivity index (χ0n) is 10.2. The molecule has 0 fully saturated rings. The molecule has 0 unspecified atom stereocenters. The first-order valence-electron chi connectivity index (χ1n) is 5.88. The number of aromatic nitrogens is 1. The predicted octanol–water partition coefficient (Wildman–Crippen LogP) is 3.65. The van der Waals surface area contributed by atoms with E-state index in [-0.39, 0.29) is 5.43 Å². The Bertz CT molecular complexity index is 767. The van der Waals surface area contributed by atoms with E-state index >= 15 is 0 Å². The van der Waals surface area contributed by atoms with E-state index in [2.05, 4.69) is 6.58 Å². The van der Waals surface area contributed by atoms with Crippen molar-refractivity contribution in [1.82, 2.24) is 4.57 Å². The summed E-state index contributed by atoms with van der Waals surface area (Å²) in [6, 6.07) is 15.3. The minimum absolute atomic E-state index is 0.0821. The summed E-state index contributed by atoms with van der Waals surface area (Å²) >= 11 is 0. The van der Waals surface area contributed by atoms with E-state index in [1.165, 1.54) is 0 Å². The molecule has 0 saturated heterocycles. The highest BCUT2D eigenvalue weighted by molar-refractivity contribution is 5.96. The number of hydrogen-bond donors (Lipinski definition) is 0. The molecule has 18 heavy (non-hydrogen) atoms. The predicted molar refractivity (Wildman–Crippen MR) is 76.7 cm³/mol. The molecule has 3 aromatic rings. The van der Waals surface area contributed by atoms with Crippen molar-refractivity contribution in [1.29, 1.82) is 0 Å². The van der Waals surface area contributed by atoms with Crippen LogP contribution in [0.25, 0.3) is 27.5 Å². The molecule has 2 nitrogen and oxygen atoms in total. The molecular formula is C16H13NO. The monoisotopic (exact) mass is 235 g/mol. The molecule has 0 radical (unpaired) electrons. The Morgan fingerprint density at radius 1 is 0.944 bits per heavy atom. The Hall–Kier alpha value is -2.35. The second-order valence-electron chi connectivity index (χ2n) is 4.43. The molecule has 2 aromatic carbocycles. The van der Waals surface area contributed by atoms with Crippen molar-refractivity contribution in [2.24, 2.45) is 0 Å². The Labute approximate surface area is 105 Å². The van der Waals surface area contributed by atoms with Crippen LogP contribution in [-0.2, 0) is 0 Å². The molecule has 1 heterocycles. The minimum atomic E-state index is 0.0821. The summed E-state index contributed by atoms with van der Waals surface area (Å²) in [5, 5.41) is 1.47. The zero-order valence-corrected chi connectivity index (χ0v) is 10.2. The lowest BCUT2D eigenvalue weighted by Crippen LogP contribution is -2.09. The first-order valence-corrected chi connectivity index (χ1v) is 5.88. The Kier molecular flexibility index (Phi) is 2.30. The van der Waals surface area contributed by atoms with Crippen LogP contribution in [0.3, 0.4) is 0 Å². The molecule has 0 bridgehead atoms. The fraction of sp³-hybridized carbons (Fsp3) is 0.0625. The van der Waals surface area contributed by atoms with Gasteiger partial charge in [-0.2, -0.15) is 0 Å². The van der Waals surface area contributed by atoms with E-state index in [0.29, 0.717) is 0 Å². The third-order valence-electron chi connectivity index (χ3n) is 3.16. The van der Waals surface area contributed by atoms with E-state index in [1.54, 1.807) is 0 Å². The molecule has 1 aromatic heterocycles. The van der Waals surface area contributed by atoms with Crippen LogP contribution in [0.5, 0.6) is 0 Å². The summed E-state index contributed by atoms with van der Waals surface area (Å²) in [7, 11) is 0. The largest absolute Gasteiger partial charge is 0.314 e. The van der Waals surface area contributed by atoms with Crippen LogP contribution in [0, 0.1) is 0 Å². The molecule has 0 saturated carbocycles. The van der Waals surface area contributed by atoms with Gasteiger partial charge in [0.1, 0.15) is 0 Å². The Morgan fingerprint density at radius 3 is 1.83 bits per heavy atom. The van der Waals surface area contributed by atoms with Crippen molar-refractivity contribution in [3.8, 4) is 0 Å². The summed E-state index contributed by atoms with van der Waals surface area (Å²) in [6.45, 7) is 5.96. The van der Waals surface area contributed by atoms with Crippen LogP contribution >= 0.6 is 0 Å². The van der Waals surface area contributed by atoms with Gasteiger partial charge in [-0.3, -0.25) is 4.79 Å². The molecule has 2 heteroatoms. The normalized spacial score (nSPS) is 10.9. The minimum Gasteiger partial charge on any atom is -0.314 e. The van der Waals surface area contributed by atoms with Gasteiger partial charge in [0.2, 0.25) is 0 Å². The van der Waals surface area contributed by atoms with Crippen LogP contribution in [0.2, 0.25) is 0 Å². The number of hydrogen-bond acceptors (Lipinski definition) is 1. The Balaban J connectivity index is 2.72. The van der Waals surface area contributed by atoms with E-state index < -0.39 is 0 Å². The summed E-state index contributed by atoms with van der Waals surface area (Å²) < 4.78 is 2.03. The lowest BCUT2D eigenvalue weighted by atomic mass is 10.1. The van der Waals surface area contributed by atoms with Crippen LogP contribution in [0.15, 0.2) is 59.9 Å². The highest BCUT2D eigenvalue weighted by Gasteiger charge is 2.09. The average molecular weight is 235 g/mol. The standard InChI is InChI=1S/C16H13NO/c1-11(2)17-14-9-5-3-7-12(14)16(18)13-8-4-6-10-15(13)17/h3-10H,1H2,2H3. The number of benzene rings is 2. The van der Waals surface area contributed by atoms with Crippen molar-refractivity contribution >= 4 is 27.5 Å². The lowest BCUT2D eigenvalue weighted by Gasteiger charge is -2.14. The number of rotatable bonds is 1. The fourth-order valence-corrected chi connectivity index (χ4v) is 2.41. The number of allylic oxidation sites excluding steroid dienone is 1. The molecule has 0 atom stereocenters. The highest BCUT2D eigenvalue weighted by atomic mass is 16.1. The first-order chi connectivity index (χ1) is 8.70. The average Bonchev–Trinajstić information content (AvgIpc) is 2.39. The molecule has 0 aliphatic heterocycles. The molecule has 0 spiro atoms. The molecule has 0 aliphatic rings. The van der Waals surface area contributed by atoms with Gasteiger partial charge in [-0.05, 0) is 31.2 Å². The highest BCUT2D eigenvalue weighted by Crippen LogP contribution is 2.21. The molecule has 88 valence electrons. The van der Waals surface area contributed by atoms with E-state index in [4.69, 9.17) is 0 Å². The zero-order chi connectivity index (χ0) is 12.7. The molecular weight excluding hydrogens is 222 g/mol. The lowest BCUT2D eigenvalue weighted by molar-refractivity contribution is 1.19. The summed E-state index contributed by atoms with van der Waals surface area (Å²) in [5.74, 6) is 0. The molecule has 0 amide bonds. The first kappa shape index (κ1) is 10.8. The van der Waals surface area contributed by atoms with Gasteiger partial charge in [0.25, 0.3) is 0 Å². The second kappa shape index (κ2) is 3.84. The van der Waals surface area contributed by atoms with Crippen molar-refractivity contribution in [3.05, 3.63) is 65.3 Å². The fourth-order valence-electron chi connectivity index (χ4n) is 2.41. The van der Waals surface area contributed by atoms with Gasteiger partial charge in [0, 0.05) is 16.5 Å². The van der Waals surface area contributed by atoms with Crippen molar-refractivity contribution < 1.29 is 0 Å². The molecule has 0 aliphatic carbocycles. The van der Waals surface area contributed by atoms with Gasteiger partial charge < -0.3 is 4.57 Å². The number of nitrogens with zero attached hydrogens (tertiary/aromatic N) is 1. The van der Waals surface area contributed by atoms with Crippen molar-refractivity contribution in [3.63, 3.8) is 0 Å². The van der Waals surface area contributed by atoms with Crippen LogP contribution < -0.4 is 5.43 Å². The maximum Gasteiger partial charge on any atom is 0.197 e. The van der Waals surface area contributed by atoms with Gasteiger partial charge in [-0.15, -0.1) is 0 Å². The van der Waals surface area contributed by atoms with Gasteiger partial charge >= 0.3 is 0 Å². The number of pyridine rings is 1. The van der Waals surface area contributed by atoms with Crippen molar-refractivity contribution in [2.75, 3.05) is 0 Å².